The largest absolute Gasteiger partial charge is 0.477 e. The number of aryl methyl sites for hydroxylation is 1. The highest BCUT2D eigenvalue weighted by Crippen LogP contribution is 2.32. The maximum Gasteiger partial charge on any atom is 0.407 e. The quantitative estimate of drug-likeness (QED) is 0.768. The molecule has 150 valence electrons. The Hall–Kier alpha value is -2.58. The molecule has 8 heteroatoms. The Morgan fingerprint density at radius 3 is 2.71 bits per heavy atom. The Labute approximate surface area is 167 Å². The molecule has 0 bridgehead atoms. The van der Waals surface area contributed by atoms with Crippen molar-refractivity contribution in [3.05, 3.63) is 52.4 Å². The molecule has 1 amide bonds. The van der Waals surface area contributed by atoms with Crippen LogP contribution in [0.25, 0.3) is 0 Å². The summed E-state index contributed by atoms with van der Waals surface area (Å²) in [4.78, 5) is 25.9. The number of anilines is 1. The van der Waals surface area contributed by atoms with Crippen LogP contribution in [0, 0.1) is 6.92 Å². The number of aromatic carboxylic acids is 1. The summed E-state index contributed by atoms with van der Waals surface area (Å²) in [5.41, 5.74) is 1.68. The molecule has 2 N–H and O–H groups in total. The molecule has 2 aromatic rings. The van der Waals surface area contributed by atoms with Crippen molar-refractivity contribution in [1.82, 2.24) is 5.32 Å². The summed E-state index contributed by atoms with van der Waals surface area (Å²) in [7, 11) is 1.61. The summed E-state index contributed by atoms with van der Waals surface area (Å²) >= 11 is 1.27. The van der Waals surface area contributed by atoms with Gasteiger partial charge < -0.3 is 24.8 Å². The molecule has 0 aliphatic carbocycles. The molecule has 1 aromatic heterocycles. The van der Waals surface area contributed by atoms with Crippen molar-refractivity contribution in [3.8, 4) is 0 Å². The molecule has 0 radical (unpaired) electrons. The number of hydrogen-bond acceptors (Lipinski definition) is 6. The Kier molecular flexibility index (Phi) is 6.53. The first-order chi connectivity index (χ1) is 13.5. The van der Waals surface area contributed by atoms with Crippen LogP contribution in [0.5, 0.6) is 0 Å². The van der Waals surface area contributed by atoms with Crippen molar-refractivity contribution < 1.29 is 24.2 Å². The summed E-state index contributed by atoms with van der Waals surface area (Å²) in [5, 5.41) is 13.1. The maximum atomic E-state index is 12.2. The highest BCUT2D eigenvalue weighted by atomic mass is 32.1. The molecule has 2 heterocycles. The van der Waals surface area contributed by atoms with Crippen molar-refractivity contribution >= 4 is 28.4 Å². The summed E-state index contributed by atoms with van der Waals surface area (Å²) < 4.78 is 10.9. The van der Waals surface area contributed by atoms with E-state index in [-0.39, 0.29) is 18.8 Å². The van der Waals surface area contributed by atoms with E-state index in [9.17, 15) is 14.7 Å². The SMILES string of the molecule is COC1CN(c2cc(C)c(C(=O)O)s2)CCC1NC(=O)OCc1ccccc1. The second-order valence-electron chi connectivity index (χ2n) is 6.72. The van der Waals surface area contributed by atoms with Crippen LogP contribution in [0.15, 0.2) is 36.4 Å². The number of thiophene rings is 1. The van der Waals surface area contributed by atoms with Crippen molar-refractivity contribution in [2.75, 3.05) is 25.1 Å². The molecular weight excluding hydrogens is 380 g/mol. The standard InChI is InChI=1S/C20H24N2O5S/c1-13-10-17(28-18(13)19(23)24)22-9-8-15(16(11-22)26-2)21-20(25)27-12-14-6-4-3-5-7-14/h3-7,10,15-16H,8-9,11-12H2,1-2H3,(H,21,25)(H,23,24). The van der Waals surface area contributed by atoms with E-state index >= 15 is 0 Å². The Morgan fingerprint density at radius 2 is 2.07 bits per heavy atom. The second kappa shape index (κ2) is 9.07. The van der Waals surface area contributed by atoms with Crippen LogP contribution < -0.4 is 10.2 Å². The van der Waals surface area contributed by atoms with Gasteiger partial charge in [-0.2, -0.15) is 0 Å². The third kappa shape index (κ3) is 4.82. The van der Waals surface area contributed by atoms with E-state index in [2.05, 4.69) is 10.2 Å². The van der Waals surface area contributed by atoms with Gasteiger partial charge in [0.25, 0.3) is 0 Å². The van der Waals surface area contributed by atoms with Crippen molar-refractivity contribution in [2.24, 2.45) is 0 Å². The number of carbonyl (C=O) groups is 2. The Bertz CT molecular complexity index is 823. The number of hydrogen-bond donors (Lipinski definition) is 2. The number of carboxylic acid groups (broad SMARTS) is 1. The molecule has 1 aliphatic rings. The number of piperidine rings is 1. The van der Waals surface area contributed by atoms with Crippen LogP contribution >= 0.6 is 11.3 Å². The Morgan fingerprint density at radius 1 is 1.32 bits per heavy atom. The molecule has 1 aromatic carbocycles. The lowest BCUT2D eigenvalue weighted by molar-refractivity contribution is 0.0548. The highest BCUT2D eigenvalue weighted by Gasteiger charge is 2.32. The van der Waals surface area contributed by atoms with Crippen molar-refractivity contribution in [1.29, 1.82) is 0 Å². The summed E-state index contributed by atoms with van der Waals surface area (Å²) in [6.45, 7) is 3.28. The molecule has 1 aliphatic heterocycles. The fraction of sp³-hybridized carbons (Fsp3) is 0.400. The van der Waals surface area contributed by atoms with Gasteiger partial charge in [-0.05, 0) is 30.5 Å². The molecule has 2 unspecified atom stereocenters. The fourth-order valence-electron chi connectivity index (χ4n) is 3.27. The van der Waals surface area contributed by atoms with Crippen molar-refractivity contribution in [2.45, 2.75) is 32.1 Å². The van der Waals surface area contributed by atoms with E-state index in [0.717, 1.165) is 16.1 Å². The van der Waals surface area contributed by atoms with E-state index in [4.69, 9.17) is 9.47 Å². The molecule has 1 fully saturated rings. The number of amides is 1. The van der Waals surface area contributed by atoms with Gasteiger partial charge in [0.15, 0.2) is 0 Å². The van der Waals surface area contributed by atoms with Gasteiger partial charge in [-0.3, -0.25) is 0 Å². The minimum atomic E-state index is -0.908. The van der Waals surface area contributed by atoms with E-state index in [0.29, 0.717) is 24.4 Å². The molecule has 0 saturated carbocycles. The molecule has 28 heavy (non-hydrogen) atoms. The zero-order valence-electron chi connectivity index (χ0n) is 15.9. The molecule has 0 spiro atoms. The number of nitrogens with zero attached hydrogens (tertiary/aromatic N) is 1. The second-order valence-corrected chi connectivity index (χ2v) is 7.75. The van der Waals surface area contributed by atoms with Crippen LogP contribution in [0.3, 0.4) is 0 Å². The summed E-state index contributed by atoms with van der Waals surface area (Å²) in [5.74, 6) is -0.908. The number of carbonyl (C=O) groups excluding carboxylic acids is 1. The van der Waals surface area contributed by atoms with Gasteiger partial charge in [-0.15, -0.1) is 11.3 Å². The molecule has 7 nitrogen and oxygen atoms in total. The first kappa shape index (κ1) is 20.2. The van der Waals surface area contributed by atoms with Crippen molar-refractivity contribution in [3.63, 3.8) is 0 Å². The zero-order valence-corrected chi connectivity index (χ0v) is 16.7. The minimum Gasteiger partial charge on any atom is -0.477 e. The van der Waals surface area contributed by atoms with E-state index in [1.165, 1.54) is 11.3 Å². The smallest absolute Gasteiger partial charge is 0.407 e. The van der Waals surface area contributed by atoms with Crippen LogP contribution in [-0.4, -0.2) is 49.5 Å². The summed E-state index contributed by atoms with van der Waals surface area (Å²) in [6, 6.07) is 11.2. The average molecular weight is 404 g/mol. The monoisotopic (exact) mass is 404 g/mol. The fourth-order valence-corrected chi connectivity index (χ4v) is 4.32. The number of rotatable bonds is 6. The first-order valence-electron chi connectivity index (χ1n) is 9.06. The van der Waals surface area contributed by atoms with Gasteiger partial charge in [0.05, 0.1) is 17.1 Å². The van der Waals surface area contributed by atoms with Crippen LogP contribution in [-0.2, 0) is 16.1 Å². The summed E-state index contributed by atoms with van der Waals surface area (Å²) in [6.07, 6.45) is -0.00336. The third-order valence-corrected chi connectivity index (χ3v) is 6.07. The highest BCUT2D eigenvalue weighted by molar-refractivity contribution is 7.18. The molecular formula is C20H24N2O5S. The number of nitrogens with one attached hydrogen (secondary N) is 1. The Balaban J connectivity index is 1.56. The number of methoxy groups -OCH3 is 1. The van der Waals surface area contributed by atoms with E-state index in [1.54, 1.807) is 14.0 Å². The zero-order chi connectivity index (χ0) is 20.1. The predicted molar refractivity (Wildman–Crippen MR) is 107 cm³/mol. The van der Waals surface area contributed by atoms with Crippen LogP contribution in [0.4, 0.5) is 9.80 Å². The van der Waals surface area contributed by atoms with Gasteiger partial charge in [0, 0.05) is 20.2 Å². The lowest BCUT2D eigenvalue weighted by atomic mass is 10.0. The topological polar surface area (TPSA) is 88.1 Å². The van der Waals surface area contributed by atoms with E-state index in [1.807, 2.05) is 36.4 Å². The predicted octanol–water partition coefficient (Wildman–Crippen LogP) is 3.27. The third-order valence-electron chi connectivity index (χ3n) is 4.79. The first-order valence-corrected chi connectivity index (χ1v) is 9.88. The van der Waals surface area contributed by atoms with Crippen LogP contribution in [0.2, 0.25) is 0 Å². The number of ether oxygens (including phenoxy) is 2. The number of alkyl carbamates (subject to hydrolysis) is 1. The number of carboxylic acids is 1. The normalized spacial score (nSPS) is 19.3. The average Bonchev–Trinajstić information content (AvgIpc) is 3.09. The molecule has 3 rings (SSSR count). The van der Waals surface area contributed by atoms with Gasteiger partial charge in [-0.1, -0.05) is 30.3 Å². The lowest BCUT2D eigenvalue weighted by Crippen LogP contribution is -2.54. The number of benzene rings is 1. The minimum absolute atomic E-state index is 0.162. The lowest BCUT2D eigenvalue weighted by Gasteiger charge is -2.38. The maximum absolute atomic E-state index is 12.2. The van der Waals surface area contributed by atoms with Crippen LogP contribution in [0.1, 0.15) is 27.2 Å². The van der Waals surface area contributed by atoms with Gasteiger partial charge in [0.1, 0.15) is 11.5 Å². The van der Waals surface area contributed by atoms with Gasteiger partial charge >= 0.3 is 12.1 Å². The molecule has 1 saturated heterocycles. The van der Waals surface area contributed by atoms with E-state index < -0.39 is 12.1 Å². The van der Waals surface area contributed by atoms with Gasteiger partial charge in [-0.25, -0.2) is 9.59 Å². The molecule has 2 atom stereocenters. The van der Waals surface area contributed by atoms with Gasteiger partial charge in [0.2, 0.25) is 0 Å².